The molecule has 0 aliphatic rings. The Labute approximate surface area is 117 Å². The number of phenolic OH excluding ortho intramolecular Hbond substituents is 1. The number of rotatable bonds is 2. The van der Waals surface area contributed by atoms with Crippen LogP contribution < -0.4 is 0 Å². The molecular formula is C17H14N2O. The number of aromatic nitrogens is 2. The van der Waals surface area contributed by atoms with Gasteiger partial charge >= 0.3 is 0 Å². The molecule has 98 valence electrons. The second kappa shape index (κ2) is 5.13. The monoisotopic (exact) mass is 262 g/mol. The van der Waals surface area contributed by atoms with E-state index < -0.39 is 0 Å². The highest BCUT2D eigenvalue weighted by Crippen LogP contribution is 2.22. The number of benzene rings is 2. The summed E-state index contributed by atoms with van der Waals surface area (Å²) in [7, 11) is 0. The van der Waals surface area contributed by atoms with Crippen molar-refractivity contribution in [3.8, 4) is 28.3 Å². The second-order valence-electron chi connectivity index (χ2n) is 4.71. The largest absolute Gasteiger partial charge is 0.508 e. The van der Waals surface area contributed by atoms with Gasteiger partial charge in [-0.05, 0) is 24.6 Å². The van der Waals surface area contributed by atoms with Crippen LogP contribution in [0, 0.1) is 6.92 Å². The molecule has 0 aliphatic carbocycles. The number of phenols is 1. The number of hydrogen-bond donors (Lipinski definition) is 1. The van der Waals surface area contributed by atoms with Crippen molar-refractivity contribution in [2.75, 3.05) is 0 Å². The van der Waals surface area contributed by atoms with Crippen molar-refractivity contribution in [2.45, 2.75) is 6.92 Å². The summed E-state index contributed by atoms with van der Waals surface area (Å²) in [6.45, 7) is 2.05. The van der Waals surface area contributed by atoms with Crippen LogP contribution in [0.5, 0.6) is 5.75 Å². The van der Waals surface area contributed by atoms with Gasteiger partial charge in [-0.1, -0.05) is 42.0 Å². The molecule has 1 N–H and O–H groups in total. The normalized spacial score (nSPS) is 10.4. The third-order valence-electron chi connectivity index (χ3n) is 3.16. The van der Waals surface area contributed by atoms with Crippen LogP contribution in [-0.2, 0) is 0 Å². The predicted octanol–water partition coefficient (Wildman–Crippen LogP) is 3.82. The molecule has 0 aliphatic heterocycles. The lowest BCUT2D eigenvalue weighted by Gasteiger charge is -2.04. The first kappa shape index (κ1) is 12.4. The summed E-state index contributed by atoms with van der Waals surface area (Å²) in [6.07, 6.45) is 3.60. The van der Waals surface area contributed by atoms with Crippen LogP contribution in [0.2, 0.25) is 0 Å². The zero-order valence-electron chi connectivity index (χ0n) is 11.1. The van der Waals surface area contributed by atoms with Crippen molar-refractivity contribution in [3.05, 3.63) is 66.5 Å². The SMILES string of the molecule is Cc1ccc(-c2ncc(-c3ccc(O)cc3)cn2)cc1. The average molecular weight is 262 g/mol. The Balaban J connectivity index is 1.91. The lowest BCUT2D eigenvalue weighted by molar-refractivity contribution is 0.475. The molecule has 0 saturated carbocycles. The van der Waals surface area contributed by atoms with Crippen molar-refractivity contribution in [3.63, 3.8) is 0 Å². The van der Waals surface area contributed by atoms with Crippen LogP contribution in [0.15, 0.2) is 60.9 Å². The summed E-state index contributed by atoms with van der Waals surface area (Å²) < 4.78 is 0. The highest BCUT2D eigenvalue weighted by molar-refractivity contribution is 5.64. The minimum Gasteiger partial charge on any atom is -0.508 e. The molecule has 1 aromatic heterocycles. The molecule has 3 aromatic rings. The standard InChI is InChI=1S/C17H14N2O/c1-12-2-4-14(5-3-12)17-18-10-15(11-19-17)13-6-8-16(20)9-7-13/h2-11,20H,1H3. The maximum atomic E-state index is 9.29. The van der Waals surface area contributed by atoms with Gasteiger partial charge in [-0.15, -0.1) is 0 Å². The van der Waals surface area contributed by atoms with Crippen LogP contribution >= 0.6 is 0 Å². The third-order valence-corrected chi connectivity index (χ3v) is 3.16. The molecule has 3 rings (SSSR count). The summed E-state index contributed by atoms with van der Waals surface area (Å²) in [5.41, 5.74) is 4.14. The van der Waals surface area contributed by atoms with E-state index in [1.807, 2.05) is 36.4 Å². The average Bonchev–Trinajstić information content (AvgIpc) is 2.49. The molecule has 0 spiro atoms. The van der Waals surface area contributed by atoms with Crippen molar-refractivity contribution >= 4 is 0 Å². The lowest BCUT2D eigenvalue weighted by atomic mass is 10.1. The minimum atomic E-state index is 0.256. The van der Waals surface area contributed by atoms with Gasteiger partial charge in [-0.3, -0.25) is 0 Å². The van der Waals surface area contributed by atoms with Gasteiger partial charge in [0, 0.05) is 23.5 Å². The molecule has 3 heteroatoms. The lowest BCUT2D eigenvalue weighted by Crippen LogP contribution is -1.89. The van der Waals surface area contributed by atoms with Crippen LogP contribution in [0.4, 0.5) is 0 Å². The van der Waals surface area contributed by atoms with Gasteiger partial charge in [0.1, 0.15) is 5.75 Å². The van der Waals surface area contributed by atoms with Crippen LogP contribution in [0.25, 0.3) is 22.5 Å². The quantitative estimate of drug-likeness (QED) is 0.763. The molecule has 0 unspecified atom stereocenters. The first-order valence-electron chi connectivity index (χ1n) is 6.41. The minimum absolute atomic E-state index is 0.256. The fraction of sp³-hybridized carbons (Fsp3) is 0.0588. The van der Waals surface area contributed by atoms with E-state index in [9.17, 15) is 5.11 Å². The Morgan fingerprint density at radius 1 is 0.700 bits per heavy atom. The molecule has 0 bridgehead atoms. The Hall–Kier alpha value is -2.68. The third kappa shape index (κ3) is 2.52. The smallest absolute Gasteiger partial charge is 0.159 e. The molecule has 20 heavy (non-hydrogen) atoms. The zero-order chi connectivity index (χ0) is 13.9. The number of aromatic hydroxyl groups is 1. The summed E-state index contributed by atoms with van der Waals surface area (Å²) in [6, 6.07) is 15.1. The molecule has 3 nitrogen and oxygen atoms in total. The van der Waals surface area contributed by atoms with E-state index in [0.717, 1.165) is 16.7 Å². The van der Waals surface area contributed by atoms with Crippen LogP contribution in [0.1, 0.15) is 5.56 Å². The van der Waals surface area contributed by atoms with Crippen molar-refractivity contribution in [2.24, 2.45) is 0 Å². The summed E-state index contributed by atoms with van der Waals surface area (Å²) in [4.78, 5) is 8.81. The second-order valence-corrected chi connectivity index (χ2v) is 4.71. The predicted molar refractivity (Wildman–Crippen MR) is 79.3 cm³/mol. The summed E-state index contributed by atoms with van der Waals surface area (Å²) >= 11 is 0. The molecule has 0 saturated heterocycles. The van der Waals surface area contributed by atoms with Gasteiger partial charge in [0.15, 0.2) is 5.82 Å². The molecule has 1 heterocycles. The van der Waals surface area contributed by atoms with E-state index in [1.54, 1.807) is 24.5 Å². The van der Waals surface area contributed by atoms with E-state index >= 15 is 0 Å². The number of aryl methyl sites for hydroxylation is 1. The summed E-state index contributed by atoms with van der Waals surface area (Å²) in [5.74, 6) is 0.971. The maximum absolute atomic E-state index is 9.29. The van der Waals surface area contributed by atoms with E-state index in [0.29, 0.717) is 5.82 Å². The fourth-order valence-electron chi connectivity index (χ4n) is 1.98. The van der Waals surface area contributed by atoms with Gasteiger partial charge in [0.2, 0.25) is 0 Å². The van der Waals surface area contributed by atoms with Crippen molar-refractivity contribution in [1.29, 1.82) is 0 Å². The Kier molecular flexibility index (Phi) is 3.17. The molecule has 0 amide bonds. The molecule has 2 aromatic carbocycles. The first-order valence-corrected chi connectivity index (χ1v) is 6.41. The maximum Gasteiger partial charge on any atom is 0.159 e. The topological polar surface area (TPSA) is 46.0 Å². The van der Waals surface area contributed by atoms with E-state index in [4.69, 9.17) is 0 Å². The number of hydrogen-bond acceptors (Lipinski definition) is 3. The van der Waals surface area contributed by atoms with Crippen molar-refractivity contribution < 1.29 is 5.11 Å². The van der Waals surface area contributed by atoms with E-state index in [1.165, 1.54) is 5.56 Å². The Bertz CT molecular complexity index is 637. The highest BCUT2D eigenvalue weighted by Gasteiger charge is 2.03. The van der Waals surface area contributed by atoms with E-state index in [-0.39, 0.29) is 5.75 Å². The van der Waals surface area contributed by atoms with Gasteiger partial charge in [-0.25, -0.2) is 9.97 Å². The van der Waals surface area contributed by atoms with Gasteiger partial charge < -0.3 is 5.11 Å². The highest BCUT2D eigenvalue weighted by atomic mass is 16.3. The van der Waals surface area contributed by atoms with Crippen molar-refractivity contribution in [1.82, 2.24) is 9.97 Å². The molecular weight excluding hydrogens is 248 g/mol. The van der Waals surface area contributed by atoms with E-state index in [2.05, 4.69) is 16.9 Å². The Morgan fingerprint density at radius 2 is 1.25 bits per heavy atom. The first-order chi connectivity index (χ1) is 9.72. The van der Waals surface area contributed by atoms with Crippen LogP contribution in [-0.4, -0.2) is 15.1 Å². The Morgan fingerprint density at radius 3 is 1.85 bits per heavy atom. The molecule has 0 atom stereocenters. The molecule has 0 fully saturated rings. The van der Waals surface area contributed by atoms with Crippen LogP contribution in [0.3, 0.4) is 0 Å². The van der Waals surface area contributed by atoms with Gasteiger partial charge in [0.05, 0.1) is 0 Å². The molecule has 0 radical (unpaired) electrons. The zero-order valence-corrected chi connectivity index (χ0v) is 11.1. The fourth-order valence-corrected chi connectivity index (χ4v) is 1.98. The summed E-state index contributed by atoms with van der Waals surface area (Å²) in [5, 5.41) is 9.29. The number of nitrogens with zero attached hydrogens (tertiary/aromatic N) is 2. The van der Waals surface area contributed by atoms with Gasteiger partial charge in [0.25, 0.3) is 0 Å². The van der Waals surface area contributed by atoms with Gasteiger partial charge in [-0.2, -0.15) is 0 Å².